The standard InChI is InChI=1S/C29H37N5OS/c1-3-5-6-7-8-9-10-13-21-35-24-18-16-23(17-19-24)28-32-33-29(34(28)20-4-2)36-22-27-30-25-14-11-12-15-26(25)31-27/h4,11-12,14-19H,2-3,5-10,13,20-22H2,1H3,(H,30,31). The fourth-order valence-corrected chi connectivity index (χ4v) is 5.05. The van der Waals surface area contributed by atoms with Crippen molar-refractivity contribution in [2.24, 2.45) is 0 Å². The van der Waals surface area contributed by atoms with Gasteiger partial charge in [-0.1, -0.05) is 81.8 Å². The molecule has 2 aromatic carbocycles. The van der Waals surface area contributed by atoms with Gasteiger partial charge in [0.05, 0.1) is 23.4 Å². The number of benzene rings is 2. The van der Waals surface area contributed by atoms with E-state index in [-0.39, 0.29) is 0 Å². The van der Waals surface area contributed by atoms with E-state index in [1.54, 1.807) is 11.8 Å². The molecule has 6 nitrogen and oxygen atoms in total. The third kappa shape index (κ3) is 7.23. The molecule has 7 heteroatoms. The van der Waals surface area contributed by atoms with E-state index >= 15 is 0 Å². The zero-order valence-corrected chi connectivity index (χ0v) is 22.1. The van der Waals surface area contributed by atoms with E-state index in [1.165, 1.54) is 44.9 Å². The Morgan fingerprint density at radius 3 is 2.44 bits per heavy atom. The molecule has 0 amide bonds. The fourth-order valence-electron chi connectivity index (χ4n) is 4.24. The van der Waals surface area contributed by atoms with Crippen molar-refractivity contribution >= 4 is 22.8 Å². The van der Waals surface area contributed by atoms with Gasteiger partial charge >= 0.3 is 0 Å². The number of fused-ring (bicyclic) bond motifs is 1. The number of rotatable bonds is 16. The molecule has 0 aliphatic carbocycles. The number of aromatic amines is 1. The first-order valence-electron chi connectivity index (χ1n) is 13.1. The second-order valence-electron chi connectivity index (χ2n) is 9.04. The van der Waals surface area contributed by atoms with Crippen molar-refractivity contribution in [2.75, 3.05) is 6.61 Å². The van der Waals surface area contributed by atoms with Gasteiger partial charge in [0.15, 0.2) is 11.0 Å². The molecule has 0 saturated heterocycles. The van der Waals surface area contributed by atoms with Gasteiger partial charge < -0.3 is 9.72 Å². The second-order valence-corrected chi connectivity index (χ2v) is 9.98. The smallest absolute Gasteiger partial charge is 0.192 e. The number of imidazole rings is 1. The molecular formula is C29H37N5OS. The van der Waals surface area contributed by atoms with Crippen LogP contribution in [0.25, 0.3) is 22.4 Å². The van der Waals surface area contributed by atoms with Gasteiger partial charge in [-0.2, -0.15) is 0 Å². The van der Waals surface area contributed by atoms with E-state index < -0.39 is 0 Å². The number of nitrogens with zero attached hydrogens (tertiary/aromatic N) is 4. The Hall–Kier alpha value is -3.06. The van der Waals surface area contributed by atoms with Crippen molar-refractivity contribution in [3.63, 3.8) is 0 Å². The summed E-state index contributed by atoms with van der Waals surface area (Å²) in [7, 11) is 0. The lowest BCUT2D eigenvalue weighted by Crippen LogP contribution is -2.01. The monoisotopic (exact) mass is 503 g/mol. The van der Waals surface area contributed by atoms with Crippen LogP contribution in [0.15, 0.2) is 66.3 Å². The maximum atomic E-state index is 5.96. The van der Waals surface area contributed by atoms with E-state index in [4.69, 9.17) is 4.74 Å². The van der Waals surface area contributed by atoms with E-state index in [2.05, 4.69) is 50.4 Å². The minimum absolute atomic E-state index is 0.640. The van der Waals surface area contributed by atoms with Gasteiger partial charge in [-0.25, -0.2) is 4.98 Å². The topological polar surface area (TPSA) is 68.6 Å². The number of aromatic nitrogens is 5. The zero-order chi connectivity index (χ0) is 25.0. The Morgan fingerprint density at radius 2 is 1.69 bits per heavy atom. The van der Waals surface area contributed by atoms with Gasteiger partial charge in [0, 0.05) is 12.1 Å². The summed E-state index contributed by atoms with van der Waals surface area (Å²) in [5.74, 6) is 3.34. The molecule has 0 aliphatic rings. The van der Waals surface area contributed by atoms with Crippen LogP contribution in [0.5, 0.6) is 5.75 Å². The second kappa shape index (κ2) is 13.9. The average molecular weight is 504 g/mol. The first kappa shape index (κ1) is 26.0. The van der Waals surface area contributed by atoms with Crippen molar-refractivity contribution in [3.8, 4) is 17.1 Å². The third-order valence-electron chi connectivity index (χ3n) is 6.18. The average Bonchev–Trinajstić information content (AvgIpc) is 3.51. The van der Waals surface area contributed by atoms with Gasteiger partial charge in [0.1, 0.15) is 11.6 Å². The molecule has 0 saturated carbocycles. The van der Waals surface area contributed by atoms with Gasteiger partial charge in [-0.15, -0.1) is 16.8 Å². The minimum Gasteiger partial charge on any atom is -0.494 e. The van der Waals surface area contributed by atoms with Crippen LogP contribution in [0.2, 0.25) is 0 Å². The highest BCUT2D eigenvalue weighted by Gasteiger charge is 2.15. The molecule has 190 valence electrons. The number of hydrogen-bond donors (Lipinski definition) is 1. The molecule has 0 atom stereocenters. The van der Waals surface area contributed by atoms with Crippen LogP contribution in [0.3, 0.4) is 0 Å². The van der Waals surface area contributed by atoms with Crippen molar-refractivity contribution in [1.29, 1.82) is 0 Å². The highest BCUT2D eigenvalue weighted by Crippen LogP contribution is 2.28. The maximum absolute atomic E-state index is 5.96. The number of allylic oxidation sites excluding steroid dienone is 1. The summed E-state index contributed by atoms with van der Waals surface area (Å²) in [4.78, 5) is 8.04. The van der Waals surface area contributed by atoms with Crippen LogP contribution in [0, 0.1) is 0 Å². The lowest BCUT2D eigenvalue weighted by Gasteiger charge is -2.09. The van der Waals surface area contributed by atoms with Crippen LogP contribution in [0.1, 0.15) is 64.1 Å². The minimum atomic E-state index is 0.640. The summed E-state index contributed by atoms with van der Waals surface area (Å²) in [5.41, 5.74) is 3.04. The Morgan fingerprint density at radius 1 is 0.944 bits per heavy atom. The molecule has 2 heterocycles. The molecule has 0 fully saturated rings. The van der Waals surface area contributed by atoms with Gasteiger partial charge in [-0.3, -0.25) is 4.57 Å². The van der Waals surface area contributed by atoms with Crippen molar-refractivity contribution in [2.45, 2.75) is 75.7 Å². The van der Waals surface area contributed by atoms with Crippen LogP contribution in [0.4, 0.5) is 0 Å². The number of ether oxygens (including phenoxy) is 1. The summed E-state index contributed by atoms with van der Waals surface area (Å²) in [6.45, 7) is 7.59. The Kier molecular flexibility index (Phi) is 10.0. The number of H-pyrrole nitrogens is 1. The summed E-state index contributed by atoms with van der Waals surface area (Å²) in [5, 5.41) is 9.79. The highest BCUT2D eigenvalue weighted by atomic mass is 32.2. The SMILES string of the molecule is C=CCn1c(SCc2nc3ccccc3[nH]2)nnc1-c1ccc(OCCCCCCCCCC)cc1. The third-order valence-corrected chi connectivity index (χ3v) is 7.16. The van der Waals surface area contributed by atoms with E-state index in [0.717, 1.165) is 52.2 Å². The molecular weight excluding hydrogens is 466 g/mol. The predicted octanol–water partition coefficient (Wildman–Crippen LogP) is 7.82. The highest BCUT2D eigenvalue weighted by molar-refractivity contribution is 7.98. The molecule has 36 heavy (non-hydrogen) atoms. The first-order chi connectivity index (χ1) is 17.8. The summed E-state index contributed by atoms with van der Waals surface area (Å²) < 4.78 is 8.06. The van der Waals surface area contributed by atoms with Crippen LogP contribution in [-0.4, -0.2) is 31.3 Å². The van der Waals surface area contributed by atoms with Gasteiger partial charge in [0.25, 0.3) is 0 Å². The normalized spacial score (nSPS) is 11.2. The molecule has 4 aromatic rings. The quantitative estimate of drug-likeness (QED) is 0.0959. The van der Waals surface area contributed by atoms with Crippen LogP contribution >= 0.6 is 11.8 Å². The van der Waals surface area contributed by atoms with Crippen LogP contribution < -0.4 is 4.74 Å². The zero-order valence-electron chi connectivity index (χ0n) is 21.3. The first-order valence-corrected chi connectivity index (χ1v) is 14.1. The molecule has 0 aliphatic heterocycles. The van der Waals surface area contributed by atoms with E-state index in [0.29, 0.717) is 12.3 Å². The molecule has 0 bridgehead atoms. The maximum Gasteiger partial charge on any atom is 0.192 e. The Bertz CT molecular complexity index is 1180. The summed E-state index contributed by atoms with van der Waals surface area (Å²) in [6, 6.07) is 16.2. The van der Waals surface area contributed by atoms with Gasteiger partial charge in [0.2, 0.25) is 0 Å². The lowest BCUT2D eigenvalue weighted by molar-refractivity contribution is 0.304. The lowest BCUT2D eigenvalue weighted by atomic mass is 10.1. The molecule has 4 rings (SSSR count). The van der Waals surface area contributed by atoms with E-state index in [9.17, 15) is 0 Å². The molecule has 2 aromatic heterocycles. The number of nitrogens with one attached hydrogen (secondary N) is 1. The Balaban J connectivity index is 1.29. The number of para-hydroxylation sites is 2. The fraction of sp³-hybridized carbons (Fsp3) is 0.414. The number of thioether (sulfide) groups is 1. The summed E-state index contributed by atoms with van der Waals surface area (Å²) in [6.07, 6.45) is 12.3. The van der Waals surface area contributed by atoms with E-state index in [1.807, 2.05) is 42.5 Å². The molecule has 0 spiro atoms. The molecule has 0 radical (unpaired) electrons. The van der Waals surface area contributed by atoms with Crippen molar-refractivity contribution in [3.05, 3.63) is 67.0 Å². The van der Waals surface area contributed by atoms with Crippen molar-refractivity contribution < 1.29 is 4.74 Å². The van der Waals surface area contributed by atoms with Crippen molar-refractivity contribution in [1.82, 2.24) is 24.7 Å². The largest absolute Gasteiger partial charge is 0.494 e. The van der Waals surface area contributed by atoms with Crippen LogP contribution in [-0.2, 0) is 12.3 Å². The summed E-state index contributed by atoms with van der Waals surface area (Å²) >= 11 is 1.62. The Labute approximate surface area is 218 Å². The molecule has 1 N–H and O–H groups in total. The van der Waals surface area contributed by atoms with Gasteiger partial charge in [-0.05, 0) is 42.8 Å². The molecule has 0 unspecified atom stereocenters. The number of unbranched alkanes of at least 4 members (excludes halogenated alkanes) is 7. The number of hydrogen-bond acceptors (Lipinski definition) is 5. The predicted molar refractivity (Wildman–Crippen MR) is 149 cm³/mol.